The Morgan fingerprint density at radius 1 is 1.28 bits per heavy atom. The predicted molar refractivity (Wildman–Crippen MR) is 88.2 cm³/mol. The van der Waals surface area contributed by atoms with Crippen molar-refractivity contribution in [3.05, 3.63) is 41.2 Å². The highest BCUT2D eigenvalue weighted by Gasteiger charge is 2.55. The molecule has 0 bridgehead atoms. The molecule has 1 atom stereocenters. The normalized spacial score (nSPS) is 21.9. The Morgan fingerprint density at radius 2 is 2.12 bits per heavy atom. The molecule has 4 rings (SSSR count). The Kier molecular flexibility index (Phi) is 3.74. The molecule has 1 aromatic carbocycles. The summed E-state index contributed by atoms with van der Waals surface area (Å²) in [5.41, 5.74) is 1.09. The van der Waals surface area contributed by atoms with Crippen LogP contribution in [0.15, 0.2) is 24.3 Å². The third-order valence-electron chi connectivity index (χ3n) is 5.05. The molecule has 2 aliphatic rings. The second-order valence-corrected chi connectivity index (χ2v) is 6.56. The van der Waals surface area contributed by atoms with Crippen molar-refractivity contribution in [1.29, 1.82) is 0 Å². The van der Waals surface area contributed by atoms with Gasteiger partial charge in [-0.3, -0.25) is 9.69 Å². The third-order valence-corrected chi connectivity index (χ3v) is 5.05. The molecule has 1 fully saturated rings. The number of aryl methyl sites for hydroxylation is 2. The number of carbonyl (C=O) groups excluding carboxylic acids is 2. The van der Waals surface area contributed by atoms with Crippen molar-refractivity contribution in [2.75, 3.05) is 0 Å². The van der Waals surface area contributed by atoms with Crippen molar-refractivity contribution < 1.29 is 9.59 Å². The number of carbonyl (C=O) groups is 2. The number of aromatic nitrogens is 4. The van der Waals surface area contributed by atoms with Gasteiger partial charge in [-0.1, -0.05) is 37.6 Å². The number of unbranched alkanes of at least 4 members (excludes halogenated alkanes) is 1. The summed E-state index contributed by atoms with van der Waals surface area (Å²) in [6.45, 7) is 2.85. The molecule has 130 valence electrons. The second kappa shape index (κ2) is 5.94. The van der Waals surface area contributed by atoms with Gasteiger partial charge in [0.25, 0.3) is 5.91 Å². The zero-order valence-corrected chi connectivity index (χ0v) is 14.1. The summed E-state index contributed by atoms with van der Waals surface area (Å²) in [7, 11) is 0. The highest BCUT2D eigenvalue weighted by atomic mass is 16.2. The number of rotatable bonds is 5. The number of fused-ring (bicyclic) bond motifs is 2. The Hall–Kier alpha value is -2.77. The Labute approximate surface area is 145 Å². The molecule has 2 heterocycles. The quantitative estimate of drug-likeness (QED) is 0.830. The van der Waals surface area contributed by atoms with Crippen LogP contribution in [0.3, 0.4) is 0 Å². The molecule has 25 heavy (non-hydrogen) atoms. The minimum absolute atomic E-state index is 0.0886. The summed E-state index contributed by atoms with van der Waals surface area (Å²) in [6, 6.07) is 7.41. The van der Waals surface area contributed by atoms with Crippen LogP contribution in [-0.4, -0.2) is 37.0 Å². The summed E-state index contributed by atoms with van der Waals surface area (Å²) < 4.78 is 1.66. The first-order valence-electron chi connectivity index (χ1n) is 8.63. The molecule has 8 heteroatoms. The van der Waals surface area contributed by atoms with Gasteiger partial charge in [0.1, 0.15) is 5.54 Å². The Bertz CT molecular complexity index is 832. The van der Waals surface area contributed by atoms with Crippen molar-refractivity contribution in [3.63, 3.8) is 0 Å². The number of hydrogen-bond acceptors (Lipinski definition) is 5. The number of urea groups is 1. The summed E-state index contributed by atoms with van der Waals surface area (Å²) in [5, 5.41) is 14.6. The van der Waals surface area contributed by atoms with Crippen molar-refractivity contribution in [2.45, 2.75) is 51.2 Å². The topological polar surface area (TPSA) is 93.0 Å². The number of tetrazole rings is 1. The van der Waals surface area contributed by atoms with Crippen LogP contribution in [0.5, 0.6) is 0 Å². The average Bonchev–Trinajstić information content (AvgIpc) is 3.28. The van der Waals surface area contributed by atoms with Gasteiger partial charge in [-0.15, -0.1) is 5.10 Å². The number of nitrogens with one attached hydrogen (secondary N) is 1. The van der Waals surface area contributed by atoms with E-state index in [1.54, 1.807) is 4.68 Å². The van der Waals surface area contributed by atoms with Gasteiger partial charge in [0, 0.05) is 6.54 Å². The van der Waals surface area contributed by atoms with E-state index in [1.807, 2.05) is 24.3 Å². The summed E-state index contributed by atoms with van der Waals surface area (Å²) in [5.74, 6) is 0.313. The first kappa shape index (κ1) is 15.7. The van der Waals surface area contributed by atoms with Gasteiger partial charge in [-0.2, -0.15) is 0 Å². The van der Waals surface area contributed by atoms with Crippen LogP contribution in [0, 0.1) is 0 Å². The first-order chi connectivity index (χ1) is 12.2. The van der Waals surface area contributed by atoms with E-state index in [0.29, 0.717) is 18.8 Å². The van der Waals surface area contributed by atoms with Crippen LogP contribution in [0.1, 0.15) is 43.1 Å². The molecule has 3 amide bonds. The lowest BCUT2D eigenvalue weighted by Gasteiger charge is -2.22. The second-order valence-electron chi connectivity index (χ2n) is 6.56. The monoisotopic (exact) mass is 340 g/mol. The van der Waals surface area contributed by atoms with Crippen LogP contribution >= 0.6 is 0 Å². The van der Waals surface area contributed by atoms with Crippen LogP contribution in [0.4, 0.5) is 4.79 Å². The zero-order valence-electron chi connectivity index (χ0n) is 14.1. The van der Waals surface area contributed by atoms with Crippen LogP contribution < -0.4 is 5.32 Å². The molecule has 8 nitrogen and oxygen atoms in total. The summed E-state index contributed by atoms with van der Waals surface area (Å²) in [6.07, 6.45) is 3.33. The average molecular weight is 340 g/mol. The molecule has 1 spiro atoms. The maximum absolute atomic E-state index is 13.1. The molecule has 1 saturated heterocycles. The van der Waals surface area contributed by atoms with E-state index < -0.39 is 5.54 Å². The fourth-order valence-corrected chi connectivity index (χ4v) is 3.69. The van der Waals surface area contributed by atoms with E-state index in [2.05, 4.69) is 27.8 Å². The fraction of sp³-hybridized carbons (Fsp3) is 0.471. The van der Waals surface area contributed by atoms with E-state index in [1.165, 1.54) is 4.90 Å². The van der Waals surface area contributed by atoms with Gasteiger partial charge >= 0.3 is 6.03 Å². The molecule has 1 aromatic heterocycles. The lowest BCUT2D eigenvalue weighted by atomic mass is 9.92. The van der Waals surface area contributed by atoms with E-state index in [-0.39, 0.29) is 18.5 Å². The smallest absolute Gasteiger partial charge is 0.319 e. The standard InChI is InChI=1S/C17H20N6O2/c1-2-3-10-23-14(19-20-21-23)11-22-15(24)17(18-16(22)25)9-8-12-6-4-5-7-13(12)17/h4-7H,2-3,8-11H2,1H3,(H,18,25)/t17-/m0/s1. The largest absolute Gasteiger partial charge is 0.325 e. The SMILES string of the molecule is CCCCn1nnnc1CN1C(=O)N[C@]2(CCc3ccccc32)C1=O. The Morgan fingerprint density at radius 3 is 2.96 bits per heavy atom. The first-order valence-corrected chi connectivity index (χ1v) is 8.63. The third kappa shape index (κ3) is 2.40. The highest BCUT2D eigenvalue weighted by molar-refractivity contribution is 6.08. The van der Waals surface area contributed by atoms with E-state index in [9.17, 15) is 9.59 Å². The van der Waals surface area contributed by atoms with Crippen LogP contribution in [0.25, 0.3) is 0 Å². The van der Waals surface area contributed by atoms with Gasteiger partial charge in [0.15, 0.2) is 5.82 Å². The van der Waals surface area contributed by atoms with Crippen LogP contribution in [-0.2, 0) is 29.8 Å². The molecular weight excluding hydrogens is 320 g/mol. The molecule has 0 radical (unpaired) electrons. The number of hydrogen-bond donors (Lipinski definition) is 1. The summed E-state index contributed by atoms with van der Waals surface area (Å²) in [4.78, 5) is 26.9. The van der Waals surface area contributed by atoms with Crippen LogP contribution in [0.2, 0.25) is 0 Å². The minimum Gasteiger partial charge on any atom is -0.319 e. The number of nitrogens with zero attached hydrogens (tertiary/aromatic N) is 5. The Balaban J connectivity index is 1.60. The maximum Gasteiger partial charge on any atom is 0.325 e. The van der Waals surface area contributed by atoms with Crippen molar-refractivity contribution >= 4 is 11.9 Å². The number of benzene rings is 1. The molecule has 1 N–H and O–H groups in total. The van der Waals surface area contributed by atoms with Gasteiger partial charge in [-0.25, -0.2) is 9.48 Å². The van der Waals surface area contributed by atoms with E-state index in [4.69, 9.17) is 0 Å². The summed E-state index contributed by atoms with van der Waals surface area (Å²) >= 11 is 0. The van der Waals surface area contributed by atoms with E-state index in [0.717, 1.165) is 30.4 Å². The predicted octanol–water partition coefficient (Wildman–Crippen LogP) is 1.37. The highest BCUT2D eigenvalue weighted by Crippen LogP contribution is 2.41. The number of imide groups is 1. The molecule has 1 aliphatic carbocycles. The fourth-order valence-electron chi connectivity index (χ4n) is 3.69. The lowest BCUT2D eigenvalue weighted by molar-refractivity contribution is -0.132. The van der Waals surface area contributed by atoms with Gasteiger partial charge in [0.2, 0.25) is 0 Å². The lowest BCUT2D eigenvalue weighted by Crippen LogP contribution is -2.41. The van der Waals surface area contributed by atoms with Crippen molar-refractivity contribution in [2.24, 2.45) is 0 Å². The maximum atomic E-state index is 13.1. The number of amides is 3. The molecule has 0 unspecified atom stereocenters. The molecule has 2 aromatic rings. The van der Waals surface area contributed by atoms with Gasteiger partial charge in [-0.05, 0) is 40.8 Å². The van der Waals surface area contributed by atoms with E-state index >= 15 is 0 Å². The zero-order chi connectivity index (χ0) is 17.4. The molecule has 1 aliphatic heterocycles. The van der Waals surface area contributed by atoms with Crippen molar-refractivity contribution in [1.82, 2.24) is 30.4 Å². The van der Waals surface area contributed by atoms with Crippen molar-refractivity contribution in [3.8, 4) is 0 Å². The molecular formula is C17H20N6O2. The van der Waals surface area contributed by atoms with Gasteiger partial charge < -0.3 is 5.32 Å². The molecule has 0 saturated carbocycles. The minimum atomic E-state index is -0.935. The van der Waals surface area contributed by atoms with Gasteiger partial charge in [0.05, 0.1) is 6.54 Å².